The largest absolute Gasteiger partial charge is 0.324 e. The fourth-order valence-electron chi connectivity index (χ4n) is 1.97. The van der Waals surface area contributed by atoms with E-state index in [1.54, 1.807) is 0 Å². The monoisotopic (exact) mass is 247 g/mol. The zero-order chi connectivity index (χ0) is 13.1. The van der Waals surface area contributed by atoms with Crippen molar-refractivity contribution in [2.45, 2.75) is 19.4 Å². The second-order valence-electron chi connectivity index (χ2n) is 4.42. The Kier molecular flexibility index (Phi) is 3.72. The molecule has 1 nitrogen and oxygen atoms in total. The Bertz CT molecular complexity index is 532. The van der Waals surface area contributed by atoms with Gasteiger partial charge in [0.15, 0.2) is 0 Å². The molecule has 0 aromatic heterocycles. The number of aryl methyl sites for hydroxylation is 1. The molecule has 0 saturated heterocycles. The van der Waals surface area contributed by atoms with Crippen LogP contribution in [0.15, 0.2) is 42.5 Å². The zero-order valence-electron chi connectivity index (χ0n) is 10.2. The van der Waals surface area contributed by atoms with Crippen LogP contribution >= 0.6 is 0 Å². The molecule has 0 saturated carbocycles. The van der Waals surface area contributed by atoms with E-state index in [-0.39, 0.29) is 12.0 Å². The van der Waals surface area contributed by atoms with E-state index in [2.05, 4.69) is 0 Å². The molecule has 0 bridgehead atoms. The summed E-state index contributed by atoms with van der Waals surface area (Å²) in [7, 11) is 0. The topological polar surface area (TPSA) is 26.0 Å². The fraction of sp³-hybridized carbons (Fsp3) is 0.200. The normalized spacial score (nSPS) is 12.4. The lowest BCUT2D eigenvalue weighted by Gasteiger charge is -2.14. The quantitative estimate of drug-likeness (QED) is 0.882. The van der Waals surface area contributed by atoms with Crippen molar-refractivity contribution in [2.75, 3.05) is 0 Å². The molecule has 0 fully saturated rings. The Morgan fingerprint density at radius 2 is 1.67 bits per heavy atom. The van der Waals surface area contributed by atoms with E-state index in [1.165, 1.54) is 18.2 Å². The van der Waals surface area contributed by atoms with Crippen LogP contribution in [0.5, 0.6) is 0 Å². The van der Waals surface area contributed by atoms with Gasteiger partial charge in [-0.05, 0) is 31.0 Å². The summed E-state index contributed by atoms with van der Waals surface area (Å²) >= 11 is 0. The number of nitrogens with two attached hydrogens (primary N) is 1. The Morgan fingerprint density at radius 3 is 2.28 bits per heavy atom. The molecule has 2 aromatic carbocycles. The molecule has 3 heteroatoms. The van der Waals surface area contributed by atoms with Gasteiger partial charge in [0.2, 0.25) is 0 Å². The van der Waals surface area contributed by atoms with Crippen molar-refractivity contribution >= 4 is 0 Å². The van der Waals surface area contributed by atoms with Crippen LogP contribution in [0.4, 0.5) is 8.78 Å². The molecule has 0 aliphatic rings. The Labute approximate surface area is 105 Å². The van der Waals surface area contributed by atoms with Gasteiger partial charge < -0.3 is 5.73 Å². The molecule has 94 valence electrons. The van der Waals surface area contributed by atoms with E-state index in [0.29, 0.717) is 0 Å². The van der Waals surface area contributed by atoms with Gasteiger partial charge in [0.1, 0.15) is 11.6 Å². The first-order valence-corrected chi connectivity index (χ1v) is 5.83. The Morgan fingerprint density at radius 1 is 1.06 bits per heavy atom. The van der Waals surface area contributed by atoms with E-state index in [9.17, 15) is 8.78 Å². The Hall–Kier alpha value is -1.74. The lowest BCUT2D eigenvalue weighted by Crippen LogP contribution is -2.15. The summed E-state index contributed by atoms with van der Waals surface area (Å²) in [5, 5.41) is 0. The zero-order valence-corrected chi connectivity index (χ0v) is 10.2. The summed E-state index contributed by atoms with van der Waals surface area (Å²) in [4.78, 5) is 0. The maximum absolute atomic E-state index is 13.5. The summed E-state index contributed by atoms with van der Waals surface area (Å²) in [6.07, 6.45) is 0.155. The van der Waals surface area contributed by atoms with Crippen LogP contribution < -0.4 is 5.73 Å². The average molecular weight is 247 g/mol. The molecule has 0 heterocycles. The first-order valence-electron chi connectivity index (χ1n) is 5.83. The molecule has 1 unspecified atom stereocenters. The standard InChI is InChI=1S/C15H15F2N/c1-10-4-2-5-11(8-10)15(18)9-12-13(16)6-3-7-14(12)17/h2-8,15H,9,18H2,1H3. The first-order chi connectivity index (χ1) is 8.58. The van der Waals surface area contributed by atoms with E-state index in [1.807, 2.05) is 31.2 Å². The van der Waals surface area contributed by atoms with Crippen LogP contribution in [-0.4, -0.2) is 0 Å². The van der Waals surface area contributed by atoms with E-state index < -0.39 is 17.7 Å². The first kappa shape index (κ1) is 12.7. The van der Waals surface area contributed by atoms with Gasteiger partial charge in [-0.25, -0.2) is 8.78 Å². The Balaban J connectivity index is 2.24. The van der Waals surface area contributed by atoms with Crippen molar-refractivity contribution in [3.8, 4) is 0 Å². The van der Waals surface area contributed by atoms with Gasteiger partial charge in [0.05, 0.1) is 0 Å². The molecule has 0 aliphatic heterocycles. The van der Waals surface area contributed by atoms with Crippen molar-refractivity contribution in [3.05, 3.63) is 70.8 Å². The molecular formula is C15H15F2N. The highest BCUT2D eigenvalue weighted by atomic mass is 19.1. The smallest absolute Gasteiger partial charge is 0.129 e. The fourth-order valence-corrected chi connectivity index (χ4v) is 1.97. The summed E-state index contributed by atoms with van der Waals surface area (Å²) < 4.78 is 27.0. The predicted molar refractivity (Wildman–Crippen MR) is 68.2 cm³/mol. The number of hydrogen-bond acceptors (Lipinski definition) is 1. The van der Waals surface area contributed by atoms with Crippen molar-refractivity contribution < 1.29 is 8.78 Å². The molecular weight excluding hydrogens is 232 g/mol. The van der Waals surface area contributed by atoms with Crippen LogP contribution in [0.1, 0.15) is 22.7 Å². The van der Waals surface area contributed by atoms with Crippen molar-refractivity contribution in [1.29, 1.82) is 0 Å². The number of hydrogen-bond donors (Lipinski definition) is 1. The van der Waals surface area contributed by atoms with Crippen LogP contribution in [-0.2, 0) is 6.42 Å². The van der Waals surface area contributed by atoms with Crippen LogP contribution in [0.25, 0.3) is 0 Å². The van der Waals surface area contributed by atoms with E-state index in [4.69, 9.17) is 5.73 Å². The maximum atomic E-state index is 13.5. The SMILES string of the molecule is Cc1cccc(C(N)Cc2c(F)cccc2F)c1. The average Bonchev–Trinajstić information content (AvgIpc) is 2.34. The molecule has 0 amide bonds. The summed E-state index contributed by atoms with van der Waals surface area (Å²) in [6.45, 7) is 1.96. The van der Waals surface area contributed by atoms with E-state index >= 15 is 0 Å². The molecule has 18 heavy (non-hydrogen) atoms. The van der Waals surface area contributed by atoms with Gasteiger partial charge in [-0.3, -0.25) is 0 Å². The predicted octanol–water partition coefficient (Wildman–Crippen LogP) is 3.52. The minimum absolute atomic E-state index is 0.0477. The highest BCUT2D eigenvalue weighted by molar-refractivity contribution is 5.28. The molecule has 2 N–H and O–H groups in total. The molecule has 2 aromatic rings. The highest BCUT2D eigenvalue weighted by Gasteiger charge is 2.14. The molecule has 1 atom stereocenters. The van der Waals surface area contributed by atoms with E-state index in [0.717, 1.165) is 11.1 Å². The minimum Gasteiger partial charge on any atom is -0.324 e. The van der Waals surface area contributed by atoms with Gasteiger partial charge >= 0.3 is 0 Å². The molecule has 0 aliphatic carbocycles. The molecule has 0 spiro atoms. The van der Waals surface area contributed by atoms with Gasteiger partial charge in [-0.1, -0.05) is 35.9 Å². The third-order valence-electron chi connectivity index (χ3n) is 2.96. The van der Waals surface area contributed by atoms with Crippen molar-refractivity contribution in [3.63, 3.8) is 0 Å². The number of rotatable bonds is 3. The third kappa shape index (κ3) is 2.74. The lowest BCUT2D eigenvalue weighted by atomic mass is 9.98. The van der Waals surface area contributed by atoms with Crippen LogP contribution in [0.3, 0.4) is 0 Å². The second-order valence-corrected chi connectivity index (χ2v) is 4.42. The van der Waals surface area contributed by atoms with Crippen molar-refractivity contribution in [1.82, 2.24) is 0 Å². The summed E-state index contributed by atoms with van der Waals surface area (Å²) in [5.41, 5.74) is 8.02. The second kappa shape index (κ2) is 5.27. The highest BCUT2D eigenvalue weighted by Crippen LogP contribution is 2.21. The van der Waals surface area contributed by atoms with Gasteiger partial charge in [-0.15, -0.1) is 0 Å². The van der Waals surface area contributed by atoms with Crippen LogP contribution in [0, 0.1) is 18.6 Å². The summed E-state index contributed by atoms with van der Waals surface area (Å²) in [6, 6.07) is 11.1. The van der Waals surface area contributed by atoms with Gasteiger partial charge in [0, 0.05) is 11.6 Å². The number of benzene rings is 2. The van der Waals surface area contributed by atoms with Crippen LogP contribution in [0.2, 0.25) is 0 Å². The van der Waals surface area contributed by atoms with Gasteiger partial charge in [-0.2, -0.15) is 0 Å². The third-order valence-corrected chi connectivity index (χ3v) is 2.96. The number of halogens is 2. The minimum atomic E-state index is -0.543. The maximum Gasteiger partial charge on any atom is 0.129 e. The van der Waals surface area contributed by atoms with Crippen molar-refractivity contribution in [2.24, 2.45) is 5.73 Å². The van der Waals surface area contributed by atoms with Gasteiger partial charge in [0.25, 0.3) is 0 Å². The summed E-state index contributed by atoms with van der Waals surface area (Å²) in [5.74, 6) is -1.09. The lowest BCUT2D eigenvalue weighted by molar-refractivity contribution is 0.540. The molecule has 0 radical (unpaired) electrons. The molecule has 2 rings (SSSR count).